The van der Waals surface area contributed by atoms with Gasteiger partial charge in [-0.25, -0.2) is 0 Å². The summed E-state index contributed by atoms with van der Waals surface area (Å²) in [5.74, 6) is -0.440. The van der Waals surface area contributed by atoms with Gasteiger partial charge in [0.1, 0.15) is 6.26 Å². The van der Waals surface area contributed by atoms with E-state index in [9.17, 15) is 4.79 Å². The summed E-state index contributed by atoms with van der Waals surface area (Å²) in [5.41, 5.74) is 9.21. The quantitative estimate of drug-likeness (QED) is 0.714. The normalized spacial score (nSPS) is 13.6. The number of hydrogen-bond acceptors (Lipinski definition) is 4. The average molecular weight is 191 g/mol. The molecule has 0 spiro atoms. The molecule has 1 amide bonds. The van der Waals surface area contributed by atoms with Crippen LogP contribution in [0.25, 0.3) is 0 Å². The summed E-state index contributed by atoms with van der Waals surface area (Å²) in [6.45, 7) is 0. The van der Waals surface area contributed by atoms with Crippen LogP contribution in [0.2, 0.25) is 0 Å². The number of hydrazine groups is 1. The van der Waals surface area contributed by atoms with Gasteiger partial charge in [0.15, 0.2) is 0 Å². The summed E-state index contributed by atoms with van der Waals surface area (Å²) >= 11 is 0. The molecule has 1 aromatic rings. The van der Waals surface area contributed by atoms with E-state index in [1.54, 1.807) is 30.5 Å². The minimum atomic E-state index is -0.440. The topological polar surface area (TPSA) is 67.6 Å². The van der Waals surface area contributed by atoms with Crippen molar-refractivity contribution in [1.29, 1.82) is 0 Å². The predicted molar refractivity (Wildman–Crippen MR) is 50.8 cm³/mol. The molecule has 2 rings (SSSR count). The van der Waals surface area contributed by atoms with Crippen molar-refractivity contribution in [2.45, 2.75) is 0 Å². The fourth-order valence-corrected chi connectivity index (χ4v) is 1.12. The molecule has 0 aliphatic carbocycles. The number of anilines is 1. The fourth-order valence-electron chi connectivity index (χ4n) is 1.12. The molecule has 3 N–H and O–H groups in total. The maximum atomic E-state index is 10.8. The minimum Gasteiger partial charge on any atom is -0.366 e. The van der Waals surface area contributed by atoms with E-state index < -0.39 is 5.91 Å². The Morgan fingerprint density at radius 1 is 1.36 bits per heavy atom. The van der Waals surface area contributed by atoms with Crippen LogP contribution in [0, 0.1) is 0 Å². The van der Waals surface area contributed by atoms with E-state index in [0.29, 0.717) is 5.56 Å². The molecule has 14 heavy (non-hydrogen) atoms. The summed E-state index contributed by atoms with van der Waals surface area (Å²) < 4.78 is 0. The molecular weight excluding hydrogens is 182 g/mol. The number of hydrogen-bond donors (Lipinski definition) is 2. The van der Waals surface area contributed by atoms with Gasteiger partial charge in [-0.1, -0.05) is 0 Å². The average Bonchev–Trinajstić information content (AvgIpc) is 2.71. The van der Waals surface area contributed by atoms with Crippen LogP contribution in [0.1, 0.15) is 10.4 Å². The van der Waals surface area contributed by atoms with Gasteiger partial charge in [-0.3, -0.25) is 10.2 Å². The van der Waals surface area contributed by atoms with Crippen LogP contribution in [0.3, 0.4) is 0 Å². The smallest absolute Gasteiger partial charge is 0.248 e. The summed E-state index contributed by atoms with van der Waals surface area (Å²) in [5, 5.41) is 1.46. The van der Waals surface area contributed by atoms with Gasteiger partial charge in [0, 0.05) is 5.56 Å². The molecule has 0 unspecified atom stereocenters. The highest BCUT2D eigenvalue weighted by molar-refractivity contribution is 5.93. The molecule has 0 aromatic heterocycles. The van der Waals surface area contributed by atoms with Crippen molar-refractivity contribution >= 4 is 11.6 Å². The van der Waals surface area contributed by atoms with Crippen molar-refractivity contribution in [1.82, 2.24) is 5.43 Å². The molecule has 0 saturated carbocycles. The molecule has 0 saturated heterocycles. The van der Waals surface area contributed by atoms with Crippen molar-refractivity contribution in [3.8, 4) is 0 Å². The first kappa shape index (κ1) is 8.43. The number of rotatable bonds is 2. The molecule has 1 aliphatic heterocycles. The maximum Gasteiger partial charge on any atom is 0.248 e. The third-order valence-corrected chi connectivity index (χ3v) is 1.81. The second-order valence-corrected chi connectivity index (χ2v) is 2.74. The Labute approximate surface area is 80.7 Å². The number of amides is 1. The number of carbonyl (C=O) groups excluding carboxylic acids is 1. The Kier molecular flexibility index (Phi) is 1.98. The van der Waals surface area contributed by atoms with E-state index in [0.717, 1.165) is 5.69 Å². The van der Waals surface area contributed by atoms with Gasteiger partial charge in [-0.05, 0) is 24.3 Å². The van der Waals surface area contributed by atoms with E-state index in [4.69, 9.17) is 10.6 Å². The number of carbonyl (C=O) groups is 1. The first-order chi connectivity index (χ1) is 6.77. The molecule has 0 atom stereocenters. The Hall–Kier alpha value is -2.17. The SMILES string of the molecule is NC(=O)c1ccc(N2NC=CO2)cc1. The maximum absolute atomic E-state index is 10.8. The Morgan fingerprint density at radius 3 is 2.57 bits per heavy atom. The standard InChI is InChI=1S/C9H9N3O2/c10-9(13)7-1-3-8(4-2-7)12-11-5-6-14-12/h1-6,11H,(H2,10,13). The third kappa shape index (κ3) is 1.47. The largest absolute Gasteiger partial charge is 0.366 e. The van der Waals surface area contributed by atoms with Gasteiger partial charge in [-0.2, -0.15) is 0 Å². The van der Waals surface area contributed by atoms with E-state index in [2.05, 4.69) is 5.43 Å². The van der Waals surface area contributed by atoms with Gasteiger partial charge in [0.05, 0.1) is 11.9 Å². The van der Waals surface area contributed by atoms with Crippen LogP contribution in [0.15, 0.2) is 36.7 Å². The molecule has 5 heteroatoms. The van der Waals surface area contributed by atoms with Gasteiger partial charge in [0.2, 0.25) is 5.91 Å². The molecule has 0 fully saturated rings. The van der Waals surface area contributed by atoms with Crippen LogP contribution < -0.4 is 16.3 Å². The lowest BCUT2D eigenvalue weighted by Gasteiger charge is -2.15. The monoisotopic (exact) mass is 191 g/mol. The molecule has 0 bridgehead atoms. The van der Waals surface area contributed by atoms with Crippen LogP contribution in [-0.4, -0.2) is 5.91 Å². The van der Waals surface area contributed by atoms with Crippen LogP contribution >= 0.6 is 0 Å². The summed E-state index contributed by atoms with van der Waals surface area (Å²) in [6.07, 6.45) is 3.17. The second kappa shape index (κ2) is 3.29. The van der Waals surface area contributed by atoms with Crippen molar-refractivity contribution in [2.75, 3.05) is 5.17 Å². The summed E-state index contributed by atoms with van der Waals surface area (Å²) in [4.78, 5) is 15.8. The fraction of sp³-hybridized carbons (Fsp3) is 0. The molecule has 0 radical (unpaired) electrons. The van der Waals surface area contributed by atoms with Crippen molar-refractivity contribution in [3.63, 3.8) is 0 Å². The Morgan fingerprint density at radius 2 is 2.07 bits per heavy atom. The van der Waals surface area contributed by atoms with E-state index in [1.807, 2.05) is 0 Å². The molecule has 72 valence electrons. The van der Waals surface area contributed by atoms with E-state index >= 15 is 0 Å². The van der Waals surface area contributed by atoms with Gasteiger partial charge >= 0.3 is 0 Å². The second-order valence-electron chi connectivity index (χ2n) is 2.74. The van der Waals surface area contributed by atoms with Crippen molar-refractivity contribution < 1.29 is 9.63 Å². The van der Waals surface area contributed by atoms with Crippen molar-refractivity contribution in [3.05, 3.63) is 42.3 Å². The van der Waals surface area contributed by atoms with Crippen LogP contribution in [0.5, 0.6) is 0 Å². The lowest BCUT2D eigenvalue weighted by atomic mass is 10.2. The highest BCUT2D eigenvalue weighted by Gasteiger charge is 2.08. The zero-order valence-electron chi connectivity index (χ0n) is 7.31. The molecule has 1 aromatic carbocycles. The number of nitrogens with one attached hydrogen (secondary N) is 1. The van der Waals surface area contributed by atoms with Crippen LogP contribution in [-0.2, 0) is 4.84 Å². The van der Waals surface area contributed by atoms with Crippen LogP contribution in [0.4, 0.5) is 5.69 Å². The number of nitrogens with zero attached hydrogens (tertiary/aromatic N) is 1. The zero-order chi connectivity index (χ0) is 9.97. The highest BCUT2D eigenvalue weighted by Crippen LogP contribution is 2.15. The number of benzene rings is 1. The van der Waals surface area contributed by atoms with E-state index in [1.165, 1.54) is 11.4 Å². The van der Waals surface area contributed by atoms with Crippen molar-refractivity contribution in [2.24, 2.45) is 5.73 Å². The molecule has 5 nitrogen and oxygen atoms in total. The molecule has 1 heterocycles. The van der Waals surface area contributed by atoms with Gasteiger partial charge < -0.3 is 10.6 Å². The predicted octanol–water partition coefficient (Wildman–Crippen LogP) is 0.513. The van der Waals surface area contributed by atoms with Gasteiger partial charge in [0.25, 0.3) is 0 Å². The summed E-state index contributed by atoms with van der Waals surface area (Å²) in [7, 11) is 0. The minimum absolute atomic E-state index is 0.440. The number of nitrogens with two attached hydrogens (primary N) is 1. The Balaban J connectivity index is 2.17. The lowest BCUT2D eigenvalue weighted by Crippen LogP contribution is -2.27. The number of primary amides is 1. The molecule has 1 aliphatic rings. The van der Waals surface area contributed by atoms with Gasteiger partial charge in [-0.15, -0.1) is 5.17 Å². The highest BCUT2D eigenvalue weighted by atomic mass is 16.7. The first-order valence-corrected chi connectivity index (χ1v) is 4.05. The lowest BCUT2D eigenvalue weighted by molar-refractivity contribution is 0.1000. The third-order valence-electron chi connectivity index (χ3n) is 1.81. The zero-order valence-corrected chi connectivity index (χ0v) is 7.31. The summed E-state index contributed by atoms with van der Waals surface area (Å²) in [6, 6.07) is 6.75. The Bertz CT molecular complexity index is 364. The molecular formula is C9H9N3O2. The van der Waals surface area contributed by atoms with E-state index in [-0.39, 0.29) is 0 Å². The first-order valence-electron chi connectivity index (χ1n) is 4.05.